The molecule has 1 heterocycles. The highest BCUT2D eigenvalue weighted by atomic mass is 79.9. The van der Waals surface area contributed by atoms with Gasteiger partial charge in [0.1, 0.15) is 11.6 Å². The number of hydrogen-bond donors (Lipinski definition) is 1. The van der Waals surface area contributed by atoms with Crippen LogP contribution in [0.5, 0.6) is 5.75 Å². The van der Waals surface area contributed by atoms with Gasteiger partial charge in [-0.15, -0.1) is 0 Å². The second-order valence-electron chi connectivity index (χ2n) is 3.86. The molecule has 0 saturated heterocycles. The van der Waals surface area contributed by atoms with Crippen molar-refractivity contribution in [2.45, 2.75) is 6.04 Å². The van der Waals surface area contributed by atoms with Gasteiger partial charge in [-0.25, -0.2) is 4.39 Å². The molecule has 2 N–H and O–H groups in total. The van der Waals surface area contributed by atoms with Crippen molar-refractivity contribution in [1.29, 1.82) is 0 Å². The summed E-state index contributed by atoms with van der Waals surface area (Å²) in [4.78, 5) is 3.94. The van der Waals surface area contributed by atoms with Gasteiger partial charge in [0, 0.05) is 21.8 Å². The summed E-state index contributed by atoms with van der Waals surface area (Å²) < 4.78 is 19.8. The molecule has 19 heavy (non-hydrogen) atoms. The van der Waals surface area contributed by atoms with E-state index in [-0.39, 0.29) is 5.02 Å². The van der Waals surface area contributed by atoms with Gasteiger partial charge in [-0.3, -0.25) is 4.98 Å². The number of hydrogen-bond acceptors (Lipinski definition) is 3. The van der Waals surface area contributed by atoms with Crippen LogP contribution in [0.4, 0.5) is 4.39 Å². The highest BCUT2D eigenvalue weighted by Crippen LogP contribution is 2.34. The zero-order chi connectivity index (χ0) is 14.0. The molecule has 6 heteroatoms. The van der Waals surface area contributed by atoms with Crippen LogP contribution < -0.4 is 10.5 Å². The highest BCUT2D eigenvalue weighted by Gasteiger charge is 2.20. The van der Waals surface area contributed by atoms with Crippen molar-refractivity contribution in [2.75, 3.05) is 7.11 Å². The van der Waals surface area contributed by atoms with Gasteiger partial charge in [-0.2, -0.15) is 0 Å². The van der Waals surface area contributed by atoms with Crippen LogP contribution in [0.3, 0.4) is 0 Å². The second-order valence-corrected chi connectivity index (χ2v) is 5.09. The molecule has 2 aromatic rings. The second kappa shape index (κ2) is 5.86. The molecule has 0 radical (unpaired) electrons. The van der Waals surface area contributed by atoms with E-state index in [0.717, 1.165) is 0 Å². The van der Waals surface area contributed by atoms with Crippen molar-refractivity contribution in [1.82, 2.24) is 4.98 Å². The summed E-state index contributed by atoms with van der Waals surface area (Å²) in [6, 6.07) is 4.27. The molecule has 0 aliphatic carbocycles. The molecule has 0 aliphatic rings. The molecule has 0 saturated carbocycles. The van der Waals surface area contributed by atoms with Crippen LogP contribution in [-0.2, 0) is 0 Å². The van der Waals surface area contributed by atoms with Crippen molar-refractivity contribution in [2.24, 2.45) is 5.73 Å². The first-order valence-corrected chi connectivity index (χ1v) is 6.60. The minimum Gasteiger partial charge on any atom is -0.495 e. The molecule has 0 bridgehead atoms. The summed E-state index contributed by atoms with van der Waals surface area (Å²) >= 11 is 9.03. The third-order valence-corrected chi connectivity index (χ3v) is 4.03. The zero-order valence-corrected chi connectivity index (χ0v) is 12.4. The first-order chi connectivity index (χ1) is 9.06. The number of ether oxygens (including phenoxy) is 1. The van der Waals surface area contributed by atoms with Crippen molar-refractivity contribution in [3.8, 4) is 5.75 Å². The molecule has 0 amide bonds. The van der Waals surface area contributed by atoms with E-state index >= 15 is 0 Å². The number of aromatic nitrogens is 1. The molecule has 0 spiro atoms. The lowest BCUT2D eigenvalue weighted by Gasteiger charge is -2.17. The van der Waals surface area contributed by atoms with Crippen LogP contribution in [0, 0.1) is 5.82 Å². The number of nitrogens with two attached hydrogens (primary N) is 1. The van der Waals surface area contributed by atoms with Crippen LogP contribution in [0.2, 0.25) is 5.02 Å². The van der Waals surface area contributed by atoms with E-state index < -0.39 is 11.9 Å². The topological polar surface area (TPSA) is 48.1 Å². The number of nitrogens with zero attached hydrogens (tertiary/aromatic N) is 1. The molecule has 1 aromatic heterocycles. The standard InChI is InChI=1S/C13H11BrClFN2O/c1-19-10-6-18-5-4-7(10)13(17)8-2-3-9(14)11(15)12(8)16/h2-6,13H,17H2,1H3. The van der Waals surface area contributed by atoms with Crippen LogP contribution in [-0.4, -0.2) is 12.1 Å². The number of methoxy groups -OCH3 is 1. The maximum Gasteiger partial charge on any atom is 0.148 e. The molecule has 0 aliphatic heterocycles. The summed E-state index contributed by atoms with van der Waals surface area (Å²) in [6.07, 6.45) is 3.11. The van der Waals surface area contributed by atoms with Gasteiger partial charge in [0.05, 0.1) is 24.4 Å². The Morgan fingerprint density at radius 1 is 1.37 bits per heavy atom. The van der Waals surface area contributed by atoms with Crippen molar-refractivity contribution in [3.05, 3.63) is 57.0 Å². The number of pyridine rings is 1. The molecule has 1 aromatic carbocycles. The lowest BCUT2D eigenvalue weighted by atomic mass is 9.99. The van der Waals surface area contributed by atoms with E-state index in [2.05, 4.69) is 20.9 Å². The van der Waals surface area contributed by atoms with Crippen molar-refractivity contribution >= 4 is 27.5 Å². The van der Waals surface area contributed by atoms with E-state index in [4.69, 9.17) is 22.1 Å². The minimum atomic E-state index is -0.677. The summed E-state index contributed by atoms with van der Waals surface area (Å²) in [6.45, 7) is 0. The molecule has 100 valence electrons. The fraction of sp³-hybridized carbons (Fsp3) is 0.154. The lowest BCUT2D eigenvalue weighted by molar-refractivity contribution is 0.405. The number of rotatable bonds is 3. The molecule has 1 unspecified atom stereocenters. The van der Waals surface area contributed by atoms with E-state index in [9.17, 15) is 4.39 Å². The maximum absolute atomic E-state index is 14.1. The molecular weight excluding hydrogens is 335 g/mol. The summed E-state index contributed by atoms with van der Waals surface area (Å²) in [5.41, 5.74) is 7.04. The van der Waals surface area contributed by atoms with Gasteiger partial charge in [0.2, 0.25) is 0 Å². The lowest BCUT2D eigenvalue weighted by Crippen LogP contribution is -2.15. The van der Waals surface area contributed by atoms with Crippen LogP contribution in [0.15, 0.2) is 35.1 Å². The van der Waals surface area contributed by atoms with E-state index in [1.165, 1.54) is 13.3 Å². The largest absolute Gasteiger partial charge is 0.495 e. The first kappa shape index (κ1) is 14.2. The first-order valence-electron chi connectivity index (χ1n) is 5.43. The Balaban J connectivity index is 2.50. The van der Waals surface area contributed by atoms with E-state index in [1.54, 1.807) is 24.4 Å². The smallest absolute Gasteiger partial charge is 0.148 e. The van der Waals surface area contributed by atoms with Gasteiger partial charge in [-0.1, -0.05) is 17.7 Å². The Kier molecular flexibility index (Phi) is 4.39. The quantitative estimate of drug-likeness (QED) is 0.863. The predicted octanol–water partition coefficient (Wildman–Crippen LogP) is 3.69. The predicted molar refractivity (Wildman–Crippen MR) is 75.9 cm³/mol. The minimum absolute atomic E-state index is 0.0148. The molecular formula is C13H11BrClFN2O. The molecule has 3 nitrogen and oxygen atoms in total. The normalized spacial score (nSPS) is 12.3. The Morgan fingerprint density at radius 3 is 2.79 bits per heavy atom. The fourth-order valence-electron chi connectivity index (χ4n) is 1.77. The monoisotopic (exact) mass is 344 g/mol. The summed E-state index contributed by atoms with van der Waals surface area (Å²) in [7, 11) is 1.51. The Labute approximate surface area is 123 Å². The summed E-state index contributed by atoms with van der Waals surface area (Å²) in [5.74, 6) is -0.0316. The summed E-state index contributed by atoms with van der Waals surface area (Å²) in [5, 5.41) is 0.0148. The average Bonchev–Trinajstić information content (AvgIpc) is 2.44. The van der Waals surface area contributed by atoms with Crippen LogP contribution >= 0.6 is 27.5 Å². The van der Waals surface area contributed by atoms with Crippen molar-refractivity contribution in [3.63, 3.8) is 0 Å². The third-order valence-electron chi connectivity index (χ3n) is 2.77. The number of benzene rings is 1. The van der Waals surface area contributed by atoms with Gasteiger partial charge in [0.25, 0.3) is 0 Å². The molecule has 1 atom stereocenters. The van der Waals surface area contributed by atoms with Gasteiger partial charge in [0.15, 0.2) is 0 Å². The number of halogens is 3. The van der Waals surface area contributed by atoms with Gasteiger partial charge >= 0.3 is 0 Å². The van der Waals surface area contributed by atoms with Crippen LogP contribution in [0.1, 0.15) is 17.2 Å². The van der Waals surface area contributed by atoms with Gasteiger partial charge < -0.3 is 10.5 Å². The van der Waals surface area contributed by atoms with Gasteiger partial charge in [-0.05, 0) is 28.1 Å². The molecule has 0 fully saturated rings. The molecule has 2 rings (SSSR count). The van der Waals surface area contributed by atoms with E-state index in [0.29, 0.717) is 21.3 Å². The van der Waals surface area contributed by atoms with Crippen molar-refractivity contribution < 1.29 is 9.13 Å². The highest BCUT2D eigenvalue weighted by molar-refractivity contribution is 9.10. The third kappa shape index (κ3) is 2.73. The van der Waals surface area contributed by atoms with E-state index in [1.807, 2.05) is 0 Å². The Bertz CT molecular complexity index is 609. The zero-order valence-electron chi connectivity index (χ0n) is 10.0. The Hall–Kier alpha value is -1.17. The Morgan fingerprint density at radius 2 is 2.11 bits per heavy atom. The SMILES string of the molecule is COc1cnccc1C(N)c1ccc(Br)c(Cl)c1F. The average molecular weight is 346 g/mol. The van der Waals surface area contributed by atoms with Crippen LogP contribution in [0.25, 0.3) is 0 Å². The fourth-order valence-corrected chi connectivity index (χ4v) is 2.25. The maximum atomic E-state index is 14.1.